The fraction of sp³-hybridized carbons (Fsp3) is 0.429. The van der Waals surface area contributed by atoms with Gasteiger partial charge in [-0.3, -0.25) is 0 Å². The summed E-state index contributed by atoms with van der Waals surface area (Å²) in [7, 11) is 6.45. The van der Waals surface area contributed by atoms with E-state index in [4.69, 9.17) is 42.0 Å². The summed E-state index contributed by atoms with van der Waals surface area (Å²) in [6.45, 7) is 2.31. The summed E-state index contributed by atoms with van der Waals surface area (Å²) in [5, 5.41) is 0.470. The second-order valence-electron chi connectivity index (χ2n) is 6.57. The summed E-state index contributed by atoms with van der Waals surface area (Å²) < 4.78 is 21.8. The molecule has 0 amide bonds. The van der Waals surface area contributed by atoms with Gasteiger partial charge in [0, 0.05) is 30.1 Å². The van der Waals surface area contributed by atoms with Crippen LogP contribution in [0.15, 0.2) is 24.3 Å². The number of methoxy groups -OCH3 is 4. The molecule has 0 bridgehead atoms. The first-order valence-electron chi connectivity index (χ1n) is 8.98. The number of benzene rings is 2. The highest BCUT2D eigenvalue weighted by atomic mass is 35.5. The Balaban J connectivity index is 2.41. The third kappa shape index (κ3) is 4.63. The second-order valence-corrected chi connectivity index (χ2v) is 6.98. The number of hydrogen-bond donors (Lipinski definition) is 2. The molecule has 7 heteroatoms. The molecular formula is C21H29ClN2O4. The summed E-state index contributed by atoms with van der Waals surface area (Å²) in [5.41, 5.74) is 15.5. The van der Waals surface area contributed by atoms with Crippen LogP contribution in [0.4, 0.5) is 0 Å². The zero-order chi connectivity index (χ0) is 20.8. The molecule has 0 aliphatic carbocycles. The fourth-order valence-electron chi connectivity index (χ4n) is 3.38. The lowest BCUT2D eigenvalue weighted by Gasteiger charge is -2.26. The van der Waals surface area contributed by atoms with Gasteiger partial charge in [0.15, 0.2) is 0 Å². The van der Waals surface area contributed by atoms with Gasteiger partial charge in [-0.15, -0.1) is 0 Å². The highest BCUT2D eigenvalue weighted by molar-refractivity contribution is 6.32. The lowest BCUT2D eigenvalue weighted by atomic mass is 9.87. The predicted molar refractivity (Wildman–Crippen MR) is 112 cm³/mol. The molecule has 6 nitrogen and oxygen atoms in total. The minimum absolute atomic E-state index is 0.168. The lowest BCUT2D eigenvalue weighted by Crippen LogP contribution is -2.35. The minimum atomic E-state index is -0.286. The van der Waals surface area contributed by atoms with Gasteiger partial charge in [-0.1, -0.05) is 11.6 Å². The van der Waals surface area contributed by atoms with Gasteiger partial charge >= 0.3 is 0 Å². The molecule has 0 aromatic heterocycles. The van der Waals surface area contributed by atoms with Crippen molar-refractivity contribution in [1.29, 1.82) is 0 Å². The van der Waals surface area contributed by atoms with Crippen LogP contribution < -0.4 is 30.4 Å². The second kappa shape index (κ2) is 9.87. The molecule has 0 heterocycles. The molecule has 2 aromatic carbocycles. The largest absolute Gasteiger partial charge is 0.496 e. The lowest BCUT2D eigenvalue weighted by molar-refractivity contribution is 0.385. The SMILES string of the molecule is COc1cc(CC(N)C(CN)c2cc(OC)c(Cl)cc2OC)c(OC)cc1C. The molecule has 2 rings (SSSR count). The van der Waals surface area contributed by atoms with E-state index in [1.165, 1.54) is 0 Å². The van der Waals surface area contributed by atoms with Crippen molar-refractivity contribution in [3.8, 4) is 23.0 Å². The van der Waals surface area contributed by atoms with Gasteiger partial charge in [0.25, 0.3) is 0 Å². The van der Waals surface area contributed by atoms with Gasteiger partial charge in [0.1, 0.15) is 23.0 Å². The van der Waals surface area contributed by atoms with Crippen LogP contribution in [0.3, 0.4) is 0 Å². The summed E-state index contributed by atoms with van der Waals surface area (Å²) in [6, 6.07) is 7.18. The Labute approximate surface area is 171 Å². The van der Waals surface area contributed by atoms with E-state index in [1.54, 1.807) is 34.5 Å². The standard InChI is InChI=1S/C21H29ClN2O4/c1-12-6-19(26-3)13(8-18(12)25-2)7-17(24)15(11-23)14-9-21(28-5)16(22)10-20(14)27-4/h6,8-10,15,17H,7,11,23-24H2,1-5H3. The first kappa shape index (κ1) is 22.1. The molecule has 0 spiro atoms. The van der Waals surface area contributed by atoms with Crippen molar-refractivity contribution in [2.24, 2.45) is 11.5 Å². The number of ether oxygens (including phenoxy) is 4. The Morgan fingerprint density at radius 3 is 2.00 bits per heavy atom. The van der Waals surface area contributed by atoms with Gasteiger partial charge in [-0.25, -0.2) is 0 Å². The Kier molecular flexibility index (Phi) is 7.80. The zero-order valence-corrected chi connectivity index (χ0v) is 17.8. The van der Waals surface area contributed by atoms with Crippen molar-refractivity contribution in [3.63, 3.8) is 0 Å². The van der Waals surface area contributed by atoms with Crippen LogP contribution in [-0.2, 0) is 6.42 Å². The molecule has 154 valence electrons. The molecule has 0 fully saturated rings. The Bertz CT molecular complexity index is 813. The highest BCUT2D eigenvalue weighted by Crippen LogP contribution is 2.38. The van der Waals surface area contributed by atoms with Crippen LogP contribution in [0.5, 0.6) is 23.0 Å². The van der Waals surface area contributed by atoms with E-state index in [0.29, 0.717) is 29.5 Å². The molecule has 28 heavy (non-hydrogen) atoms. The van der Waals surface area contributed by atoms with Gasteiger partial charge in [-0.2, -0.15) is 0 Å². The topological polar surface area (TPSA) is 89.0 Å². The van der Waals surface area contributed by atoms with Crippen molar-refractivity contribution < 1.29 is 18.9 Å². The number of aryl methyl sites for hydroxylation is 1. The number of hydrogen-bond acceptors (Lipinski definition) is 6. The Hall–Kier alpha value is -2.15. The molecule has 0 aliphatic heterocycles. The maximum Gasteiger partial charge on any atom is 0.138 e. The summed E-state index contributed by atoms with van der Waals surface area (Å²) in [5.74, 6) is 2.57. The molecular weight excluding hydrogens is 380 g/mol. The maximum absolute atomic E-state index is 6.59. The van der Waals surface area contributed by atoms with Crippen LogP contribution in [0.1, 0.15) is 22.6 Å². The summed E-state index contributed by atoms with van der Waals surface area (Å²) in [4.78, 5) is 0. The van der Waals surface area contributed by atoms with Crippen molar-refractivity contribution in [1.82, 2.24) is 0 Å². The van der Waals surface area contributed by atoms with Crippen LogP contribution in [0.25, 0.3) is 0 Å². The van der Waals surface area contributed by atoms with E-state index >= 15 is 0 Å². The van der Waals surface area contributed by atoms with E-state index in [1.807, 2.05) is 25.1 Å². The fourth-order valence-corrected chi connectivity index (χ4v) is 3.61. The van der Waals surface area contributed by atoms with Crippen LogP contribution in [-0.4, -0.2) is 41.0 Å². The van der Waals surface area contributed by atoms with E-state index in [2.05, 4.69) is 0 Å². The van der Waals surface area contributed by atoms with Gasteiger partial charge in [0.2, 0.25) is 0 Å². The predicted octanol–water partition coefficient (Wildman–Crippen LogP) is 3.30. The van der Waals surface area contributed by atoms with E-state index < -0.39 is 0 Å². The van der Waals surface area contributed by atoms with Crippen LogP contribution in [0.2, 0.25) is 5.02 Å². The average Bonchev–Trinajstić information content (AvgIpc) is 2.69. The molecule has 0 radical (unpaired) electrons. The van der Waals surface area contributed by atoms with Crippen LogP contribution >= 0.6 is 11.6 Å². The monoisotopic (exact) mass is 408 g/mol. The first-order chi connectivity index (χ1) is 13.4. The smallest absolute Gasteiger partial charge is 0.138 e. The van der Waals surface area contributed by atoms with E-state index in [9.17, 15) is 0 Å². The third-order valence-electron chi connectivity index (χ3n) is 4.93. The number of nitrogens with two attached hydrogens (primary N) is 2. The maximum atomic E-state index is 6.59. The molecule has 2 unspecified atom stereocenters. The number of rotatable bonds is 9. The van der Waals surface area contributed by atoms with Crippen molar-refractivity contribution in [3.05, 3.63) is 46.0 Å². The van der Waals surface area contributed by atoms with Crippen molar-refractivity contribution in [2.45, 2.75) is 25.3 Å². The molecule has 2 aromatic rings. The Morgan fingerprint density at radius 1 is 0.857 bits per heavy atom. The van der Waals surface area contributed by atoms with Gasteiger partial charge in [0.05, 0.1) is 33.5 Å². The highest BCUT2D eigenvalue weighted by Gasteiger charge is 2.25. The van der Waals surface area contributed by atoms with Crippen molar-refractivity contribution in [2.75, 3.05) is 35.0 Å². The minimum Gasteiger partial charge on any atom is -0.496 e. The molecule has 0 saturated heterocycles. The quantitative estimate of drug-likeness (QED) is 0.661. The normalized spacial score (nSPS) is 13.0. The third-order valence-corrected chi connectivity index (χ3v) is 5.22. The first-order valence-corrected chi connectivity index (χ1v) is 9.36. The summed E-state index contributed by atoms with van der Waals surface area (Å²) in [6.07, 6.45) is 0.551. The number of halogens is 1. The van der Waals surface area contributed by atoms with Gasteiger partial charge < -0.3 is 30.4 Å². The van der Waals surface area contributed by atoms with Crippen molar-refractivity contribution >= 4 is 11.6 Å². The van der Waals surface area contributed by atoms with Crippen LogP contribution in [0, 0.1) is 6.92 Å². The molecule has 0 aliphatic rings. The van der Waals surface area contributed by atoms with Gasteiger partial charge in [-0.05, 0) is 42.7 Å². The Morgan fingerprint density at radius 2 is 1.46 bits per heavy atom. The average molecular weight is 409 g/mol. The van der Waals surface area contributed by atoms with E-state index in [0.717, 1.165) is 28.2 Å². The molecule has 0 saturated carbocycles. The zero-order valence-electron chi connectivity index (χ0n) is 17.0. The summed E-state index contributed by atoms with van der Waals surface area (Å²) >= 11 is 6.23. The van der Waals surface area contributed by atoms with E-state index in [-0.39, 0.29) is 12.0 Å². The molecule has 2 atom stereocenters. The molecule has 4 N–H and O–H groups in total.